The number of hydrogen-bond acceptors (Lipinski definition) is 13. The maximum absolute atomic E-state index is 13.1. The summed E-state index contributed by atoms with van der Waals surface area (Å²) in [6.07, 6.45) is -6.08. The molecule has 1 fully saturated rings. The molecule has 0 radical (unpaired) electrons. The maximum Gasteiger partial charge on any atom is 0.331 e. The molecule has 2 heterocycles. The van der Waals surface area contributed by atoms with Crippen molar-refractivity contribution < 1.29 is 59.5 Å². The third-order valence-corrected chi connectivity index (χ3v) is 6.97. The number of aliphatic hydroxyl groups is 3. The minimum Gasteiger partial charge on any atom is -0.508 e. The van der Waals surface area contributed by atoms with Crippen LogP contribution in [0.5, 0.6) is 28.7 Å². The van der Waals surface area contributed by atoms with Gasteiger partial charge in [-0.05, 0) is 42.0 Å². The molecule has 1 aromatic heterocycles. The standard InChI is InChI=1S/C30H26O13/c31-12-22-26(39)27(40)30(43-23(38)8-3-13-1-5-15(32)6-2-13)29(42-22)25-19(36)10-18(35)24-20(37)11-21(41-28(24)25)14-4-7-16(33)17(34)9-14/h1-11,22,26-27,29-36,39-40H,12H2/t22-,26-,27+,29+,30+/m1/s1. The SMILES string of the molecule is O=C(C=Cc1ccc(O)cc1)O[C@H]1[C@@H](O)[C@H](O)[C@@H](CO)O[C@H]1c1c(O)cc(O)c2c(=O)cc(-c3ccc(O)c(O)c3)oc12. The van der Waals surface area contributed by atoms with Crippen molar-refractivity contribution in [3.63, 3.8) is 0 Å². The van der Waals surface area contributed by atoms with Gasteiger partial charge in [0.15, 0.2) is 28.6 Å². The molecule has 0 spiro atoms. The third-order valence-electron chi connectivity index (χ3n) is 6.97. The number of phenolic OH excluding ortho intramolecular Hbond substituents is 5. The monoisotopic (exact) mass is 594 g/mol. The minimum atomic E-state index is -1.87. The lowest BCUT2D eigenvalue weighted by atomic mass is 9.89. The van der Waals surface area contributed by atoms with E-state index in [1.807, 2.05) is 0 Å². The number of hydrogen-bond donors (Lipinski definition) is 8. The Morgan fingerprint density at radius 2 is 1.58 bits per heavy atom. The summed E-state index contributed by atoms with van der Waals surface area (Å²) in [7, 11) is 0. The van der Waals surface area contributed by atoms with E-state index in [4.69, 9.17) is 13.9 Å². The topological polar surface area (TPSA) is 228 Å². The molecule has 13 heteroatoms. The molecule has 1 aliphatic rings. The number of esters is 1. The van der Waals surface area contributed by atoms with E-state index in [1.165, 1.54) is 36.4 Å². The Kier molecular flexibility index (Phi) is 7.98. The number of carbonyl (C=O) groups excluding carboxylic acids is 1. The van der Waals surface area contributed by atoms with E-state index >= 15 is 0 Å². The molecule has 0 saturated carbocycles. The van der Waals surface area contributed by atoms with Gasteiger partial charge in [-0.25, -0.2) is 4.79 Å². The van der Waals surface area contributed by atoms with E-state index < -0.39 is 82.5 Å². The number of phenols is 5. The molecule has 5 rings (SSSR count). The predicted octanol–water partition coefficient (Wildman–Crippen LogP) is 1.77. The number of aromatic hydroxyl groups is 5. The largest absolute Gasteiger partial charge is 0.508 e. The fourth-order valence-electron chi connectivity index (χ4n) is 4.79. The van der Waals surface area contributed by atoms with Gasteiger partial charge in [0, 0.05) is 23.8 Å². The number of benzene rings is 3. The number of aliphatic hydroxyl groups excluding tert-OH is 3. The molecule has 13 nitrogen and oxygen atoms in total. The Balaban J connectivity index is 1.62. The van der Waals surface area contributed by atoms with E-state index in [0.29, 0.717) is 5.56 Å². The van der Waals surface area contributed by atoms with Crippen LogP contribution in [-0.2, 0) is 14.3 Å². The average Bonchev–Trinajstić information content (AvgIpc) is 2.97. The highest BCUT2D eigenvalue weighted by molar-refractivity contribution is 5.90. The second kappa shape index (κ2) is 11.7. The molecular formula is C30H26O13. The van der Waals surface area contributed by atoms with Gasteiger partial charge in [0.1, 0.15) is 52.8 Å². The van der Waals surface area contributed by atoms with Crippen LogP contribution in [0.25, 0.3) is 28.4 Å². The first-order valence-electron chi connectivity index (χ1n) is 12.8. The third kappa shape index (κ3) is 5.69. The van der Waals surface area contributed by atoms with Crippen molar-refractivity contribution in [2.45, 2.75) is 30.5 Å². The molecule has 4 aromatic rings. The lowest BCUT2D eigenvalue weighted by Crippen LogP contribution is -2.56. The zero-order chi connectivity index (χ0) is 31.0. The van der Waals surface area contributed by atoms with Gasteiger partial charge in [0.25, 0.3) is 0 Å². The zero-order valence-electron chi connectivity index (χ0n) is 22.1. The lowest BCUT2D eigenvalue weighted by molar-refractivity contribution is -0.239. The van der Waals surface area contributed by atoms with Crippen LogP contribution in [0.3, 0.4) is 0 Å². The molecule has 0 unspecified atom stereocenters. The van der Waals surface area contributed by atoms with Gasteiger partial charge < -0.3 is 54.7 Å². The normalized spacial score (nSPS) is 22.2. The highest BCUT2D eigenvalue weighted by Crippen LogP contribution is 2.45. The fourth-order valence-corrected chi connectivity index (χ4v) is 4.79. The van der Waals surface area contributed by atoms with Crippen molar-refractivity contribution in [1.29, 1.82) is 0 Å². The maximum atomic E-state index is 13.1. The first-order valence-corrected chi connectivity index (χ1v) is 12.8. The van der Waals surface area contributed by atoms with Crippen molar-refractivity contribution in [2.24, 2.45) is 0 Å². The zero-order valence-corrected chi connectivity index (χ0v) is 22.1. The van der Waals surface area contributed by atoms with Gasteiger partial charge >= 0.3 is 5.97 Å². The lowest BCUT2D eigenvalue weighted by Gasteiger charge is -2.41. The Labute approximate surface area is 242 Å². The van der Waals surface area contributed by atoms with Gasteiger partial charge in [0.05, 0.1) is 12.2 Å². The molecule has 224 valence electrons. The Morgan fingerprint density at radius 1 is 0.860 bits per heavy atom. The summed E-state index contributed by atoms with van der Waals surface area (Å²) >= 11 is 0. The molecule has 5 atom stereocenters. The summed E-state index contributed by atoms with van der Waals surface area (Å²) in [5, 5.41) is 81.4. The molecule has 1 saturated heterocycles. The fraction of sp³-hybridized carbons (Fsp3) is 0.200. The molecular weight excluding hydrogens is 568 g/mol. The van der Waals surface area contributed by atoms with Crippen molar-refractivity contribution >= 4 is 23.0 Å². The summed E-state index contributed by atoms with van der Waals surface area (Å²) < 4.78 is 17.1. The van der Waals surface area contributed by atoms with Crippen molar-refractivity contribution in [3.05, 3.63) is 82.0 Å². The minimum absolute atomic E-state index is 0.00965. The number of ether oxygens (including phenoxy) is 2. The summed E-state index contributed by atoms with van der Waals surface area (Å²) in [4.78, 5) is 25.9. The summed E-state index contributed by atoms with van der Waals surface area (Å²) in [5.74, 6) is -3.51. The molecule has 3 aromatic carbocycles. The molecule has 0 amide bonds. The van der Waals surface area contributed by atoms with E-state index in [-0.39, 0.29) is 22.6 Å². The molecule has 0 bridgehead atoms. The van der Waals surface area contributed by atoms with E-state index in [9.17, 15) is 50.4 Å². The van der Waals surface area contributed by atoms with Crippen LogP contribution in [-0.4, -0.2) is 77.8 Å². The Bertz CT molecular complexity index is 1760. The highest BCUT2D eigenvalue weighted by atomic mass is 16.6. The van der Waals surface area contributed by atoms with Crippen molar-refractivity contribution in [1.82, 2.24) is 0 Å². The van der Waals surface area contributed by atoms with Crippen LogP contribution in [0.2, 0.25) is 0 Å². The first-order chi connectivity index (χ1) is 20.5. The summed E-state index contributed by atoms with van der Waals surface area (Å²) in [6, 6.07) is 11.2. The number of carbonyl (C=O) groups is 1. The van der Waals surface area contributed by atoms with Crippen LogP contribution < -0.4 is 5.43 Å². The smallest absolute Gasteiger partial charge is 0.331 e. The summed E-state index contributed by atoms with van der Waals surface area (Å²) in [5.41, 5.74) is -0.955. The Hall–Kier alpha value is -5.08. The number of fused-ring (bicyclic) bond motifs is 1. The molecule has 0 aliphatic carbocycles. The second-order valence-electron chi connectivity index (χ2n) is 9.80. The van der Waals surface area contributed by atoms with Crippen LogP contribution in [0.1, 0.15) is 17.2 Å². The van der Waals surface area contributed by atoms with Gasteiger partial charge in [-0.1, -0.05) is 12.1 Å². The summed E-state index contributed by atoms with van der Waals surface area (Å²) in [6.45, 7) is -0.797. The molecule has 43 heavy (non-hydrogen) atoms. The molecule has 8 N–H and O–H groups in total. The van der Waals surface area contributed by atoms with Crippen LogP contribution in [0.4, 0.5) is 0 Å². The van der Waals surface area contributed by atoms with E-state index in [2.05, 4.69) is 0 Å². The first kappa shape index (κ1) is 29.4. The van der Waals surface area contributed by atoms with E-state index in [1.54, 1.807) is 0 Å². The predicted molar refractivity (Wildman–Crippen MR) is 148 cm³/mol. The second-order valence-corrected chi connectivity index (χ2v) is 9.80. The Morgan fingerprint density at radius 3 is 2.26 bits per heavy atom. The van der Waals surface area contributed by atoms with Crippen LogP contribution in [0, 0.1) is 0 Å². The molecule has 1 aliphatic heterocycles. The van der Waals surface area contributed by atoms with Gasteiger partial charge in [0.2, 0.25) is 0 Å². The van der Waals surface area contributed by atoms with Crippen LogP contribution >= 0.6 is 0 Å². The average molecular weight is 595 g/mol. The quantitative estimate of drug-likeness (QED) is 0.0905. The number of rotatable bonds is 6. The highest BCUT2D eigenvalue weighted by Gasteiger charge is 2.49. The van der Waals surface area contributed by atoms with Crippen molar-refractivity contribution in [2.75, 3.05) is 6.61 Å². The van der Waals surface area contributed by atoms with Gasteiger partial charge in [-0.2, -0.15) is 0 Å². The van der Waals surface area contributed by atoms with Crippen molar-refractivity contribution in [3.8, 4) is 40.1 Å². The van der Waals surface area contributed by atoms with E-state index in [0.717, 1.165) is 30.3 Å². The van der Waals surface area contributed by atoms with Crippen LogP contribution in [0.15, 0.2) is 69.9 Å². The van der Waals surface area contributed by atoms with Gasteiger partial charge in [-0.15, -0.1) is 0 Å². The van der Waals surface area contributed by atoms with Gasteiger partial charge in [-0.3, -0.25) is 4.79 Å².